The van der Waals surface area contributed by atoms with Crippen molar-refractivity contribution in [3.05, 3.63) is 34.2 Å². The molecule has 5 nitrogen and oxygen atoms in total. The zero-order valence-corrected chi connectivity index (χ0v) is 9.90. The third-order valence-electron chi connectivity index (χ3n) is 3.10. The molecule has 2 heterocycles. The van der Waals surface area contributed by atoms with Crippen molar-refractivity contribution in [1.82, 2.24) is 15.2 Å². The van der Waals surface area contributed by atoms with E-state index in [1.54, 1.807) is 6.07 Å². The van der Waals surface area contributed by atoms with Gasteiger partial charge in [0.25, 0.3) is 5.91 Å². The van der Waals surface area contributed by atoms with Gasteiger partial charge in [-0.15, -0.1) is 0 Å². The molecule has 1 amide bonds. The molecule has 2 rings (SSSR count). The van der Waals surface area contributed by atoms with Crippen molar-refractivity contribution < 1.29 is 4.79 Å². The molecule has 0 aliphatic carbocycles. The molecule has 0 spiro atoms. The van der Waals surface area contributed by atoms with Crippen LogP contribution in [0.2, 0.25) is 0 Å². The summed E-state index contributed by atoms with van der Waals surface area (Å²) >= 11 is 0. The lowest BCUT2D eigenvalue weighted by Gasteiger charge is -2.16. The van der Waals surface area contributed by atoms with Crippen LogP contribution in [-0.4, -0.2) is 42.5 Å². The van der Waals surface area contributed by atoms with Crippen LogP contribution < -0.4 is 10.9 Å². The Morgan fingerprint density at radius 2 is 2.41 bits per heavy atom. The van der Waals surface area contributed by atoms with E-state index in [0.717, 1.165) is 26.1 Å². The van der Waals surface area contributed by atoms with Crippen molar-refractivity contribution in [1.29, 1.82) is 0 Å². The summed E-state index contributed by atoms with van der Waals surface area (Å²) in [6.07, 6.45) is 2.52. The Labute approximate surface area is 99.8 Å². The fourth-order valence-electron chi connectivity index (χ4n) is 2.20. The molecule has 1 atom stereocenters. The Morgan fingerprint density at radius 1 is 1.59 bits per heavy atom. The molecule has 0 radical (unpaired) electrons. The Morgan fingerprint density at radius 3 is 3.06 bits per heavy atom. The second-order valence-electron chi connectivity index (χ2n) is 4.41. The summed E-state index contributed by atoms with van der Waals surface area (Å²) in [4.78, 5) is 27.4. The molecule has 1 aliphatic heterocycles. The summed E-state index contributed by atoms with van der Waals surface area (Å²) in [5.74, 6) is 0.534. The molecule has 0 aromatic carbocycles. The van der Waals surface area contributed by atoms with Gasteiger partial charge in [-0.25, -0.2) is 0 Å². The standard InChI is InChI=1S/C12H17N3O2/c1-13-6-9-4-5-15(8-9)12(17)10-2-3-11(16)14-7-10/h2-3,7,9,13H,4-6,8H2,1H3,(H,14,16). The number of nitrogens with zero attached hydrogens (tertiary/aromatic N) is 1. The van der Waals surface area contributed by atoms with Crippen molar-refractivity contribution in [3.8, 4) is 0 Å². The minimum Gasteiger partial charge on any atom is -0.338 e. The van der Waals surface area contributed by atoms with Crippen LogP contribution in [0.1, 0.15) is 16.8 Å². The van der Waals surface area contributed by atoms with E-state index >= 15 is 0 Å². The summed E-state index contributed by atoms with van der Waals surface area (Å²) in [6.45, 7) is 2.53. The number of aromatic nitrogens is 1. The van der Waals surface area contributed by atoms with Crippen LogP contribution in [0.25, 0.3) is 0 Å². The fraction of sp³-hybridized carbons (Fsp3) is 0.500. The van der Waals surface area contributed by atoms with Gasteiger partial charge < -0.3 is 15.2 Å². The van der Waals surface area contributed by atoms with E-state index in [2.05, 4.69) is 10.3 Å². The first kappa shape index (κ1) is 11.9. The number of aromatic amines is 1. The van der Waals surface area contributed by atoms with Crippen LogP contribution in [0.3, 0.4) is 0 Å². The number of H-pyrrole nitrogens is 1. The number of likely N-dealkylation sites (tertiary alicyclic amines) is 1. The zero-order chi connectivity index (χ0) is 12.3. The monoisotopic (exact) mass is 235 g/mol. The van der Waals surface area contributed by atoms with E-state index in [-0.39, 0.29) is 11.5 Å². The molecular weight excluding hydrogens is 218 g/mol. The average molecular weight is 235 g/mol. The lowest BCUT2D eigenvalue weighted by Crippen LogP contribution is -2.30. The van der Waals surface area contributed by atoms with E-state index in [1.807, 2.05) is 11.9 Å². The number of carbonyl (C=O) groups excluding carboxylic acids is 1. The van der Waals surface area contributed by atoms with Gasteiger partial charge in [-0.2, -0.15) is 0 Å². The van der Waals surface area contributed by atoms with Crippen LogP contribution in [0.4, 0.5) is 0 Å². The molecule has 1 fully saturated rings. The molecule has 17 heavy (non-hydrogen) atoms. The number of nitrogens with one attached hydrogen (secondary N) is 2. The van der Waals surface area contributed by atoms with E-state index < -0.39 is 0 Å². The molecule has 1 aromatic rings. The van der Waals surface area contributed by atoms with Crippen LogP contribution in [0.15, 0.2) is 23.1 Å². The van der Waals surface area contributed by atoms with Gasteiger partial charge in [0.2, 0.25) is 5.56 Å². The Hall–Kier alpha value is -1.62. The Balaban J connectivity index is 2.02. The Bertz CT molecular complexity index is 435. The van der Waals surface area contributed by atoms with Crippen LogP contribution in [0.5, 0.6) is 0 Å². The highest BCUT2D eigenvalue weighted by atomic mass is 16.2. The molecule has 1 unspecified atom stereocenters. The summed E-state index contributed by atoms with van der Waals surface area (Å²) in [5.41, 5.74) is 0.366. The average Bonchev–Trinajstić information content (AvgIpc) is 2.78. The summed E-state index contributed by atoms with van der Waals surface area (Å²) in [6, 6.07) is 2.96. The lowest BCUT2D eigenvalue weighted by molar-refractivity contribution is 0.0787. The topological polar surface area (TPSA) is 65.2 Å². The molecule has 1 saturated heterocycles. The molecule has 1 aliphatic rings. The first-order chi connectivity index (χ1) is 8.20. The SMILES string of the molecule is CNCC1CCN(C(=O)c2ccc(=O)[nH]c2)C1. The highest BCUT2D eigenvalue weighted by Crippen LogP contribution is 2.17. The summed E-state index contributed by atoms with van der Waals surface area (Å²) in [7, 11) is 1.92. The van der Waals surface area contributed by atoms with Gasteiger partial charge in [0.1, 0.15) is 0 Å². The minimum absolute atomic E-state index is 0.000136. The van der Waals surface area contributed by atoms with E-state index in [4.69, 9.17) is 0 Å². The number of rotatable bonds is 3. The van der Waals surface area contributed by atoms with E-state index in [9.17, 15) is 9.59 Å². The van der Waals surface area contributed by atoms with Gasteiger partial charge in [-0.3, -0.25) is 9.59 Å². The van der Waals surface area contributed by atoms with Gasteiger partial charge in [-0.05, 0) is 32.0 Å². The molecule has 92 valence electrons. The van der Waals surface area contributed by atoms with Crippen LogP contribution >= 0.6 is 0 Å². The fourth-order valence-corrected chi connectivity index (χ4v) is 2.20. The van der Waals surface area contributed by atoms with Gasteiger partial charge in [0.15, 0.2) is 0 Å². The summed E-state index contributed by atoms with van der Waals surface area (Å²) in [5, 5.41) is 3.13. The highest BCUT2D eigenvalue weighted by Gasteiger charge is 2.26. The van der Waals surface area contributed by atoms with Gasteiger partial charge in [0.05, 0.1) is 5.56 Å². The van der Waals surface area contributed by atoms with Crippen molar-refractivity contribution in [3.63, 3.8) is 0 Å². The smallest absolute Gasteiger partial charge is 0.255 e. The minimum atomic E-state index is -0.184. The Kier molecular flexibility index (Phi) is 3.58. The number of pyridine rings is 1. The van der Waals surface area contributed by atoms with Crippen LogP contribution in [-0.2, 0) is 0 Å². The zero-order valence-electron chi connectivity index (χ0n) is 9.90. The number of hydrogen-bond acceptors (Lipinski definition) is 3. The largest absolute Gasteiger partial charge is 0.338 e. The second kappa shape index (κ2) is 5.14. The summed E-state index contributed by atoms with van der Waals surface area (Å²) < 4.78 is 0. The molecule has 0 bridgehead atoms. The lowest BCUT2D eigenvalue weighted by atomic mass is 10.1. The molecule has 1 aromatic heterocycles. The van der Waals surface area contributed by atoms with Gasteiger partial charge in [0, 0.05) is 25.4 Å². The molecule has 2 N–H and O–H groups in total. The highest BCUT2D eigenvalue weighted by molar-refractivity contribution is 5.94. The first-order valence-corrected chi connectivity index (χ1v) is 5.83. The third-order valence-corrected chi connectivity index (χ3v) is 3.10. The normalized spacial score (nSPS) is 19.6. The third kappa shape index (κ3) is 2.74. The maximum Gasteiger partial charge on any atom is 0.255 e. The van der Waals surface area contributed by atoms with E-state index in [1.165, 1.54) is 12.3 Å². The van der Waals surface area contributed by atoms with Crippen molar-refractivity contribution >= 4 is 5.91 Å². The van der Waals surface area contributed by atoms with Crippen molar-refractivity contribution in [2.24, 2.45) is 5.92 Å². The maximum absolute atomic E-state index is 12.1. The molecular formula is C12H17N3O2. The number of carbonyl (C=O) groups is 1. The number of amides is 1. The molecule has 0 saturated carbocycles. The molecule has 5 heteroatoms. The van der Waals surface area contributed by atoms with E-state index in [0.29, 0.717) is 11.5 Å². The predicted octanol–water partition coefficient (Wildman–Crippen LogP) is 0.0564. The van der Waals surface area contributed by atoms with Gasteiger partial charge in [-0.1, -0.05) is 0 Å². The second-order valence-corrected chi connectivity index (χ2v) is 4.41. The maximum atomic E-state index is 12.1. The predicted molar refractivity (Wildman–Crippen MR) is 65.0 cm³/mol. The quantitative estimate of drug-likeness (QED) is 0.778. The van der Waals surface area contributed by atoms with Crippen molar-refractivity contribution in [2.45, 2.75) is 6.42 Å². The first-order valence-electron chi connectivity index (χ1n) is 5.83. The van der Waals surface area contributed by atoms with Crippen LogP contribution in [0, 0.1) is 5.92 Å². The number of hydrogen-bond donors (Lipinski definition) is 2. The van der Waals surface area contributed by atoms with Crippen molar-refractivity contribution in [2.75, 3.05) is 26.7 Å². The van der Waals surface area contributed by atoms with Gasteiger partial charge >= 0.3 is 0 Å².